The van der Waals surface area contributed by atoms with Crippen molar-refractivity contribution >= 4 is 5.91 Å². The van der Waals surface area contributed by atoms with Crippen LogP contribution in [-0.2, 0) is 11.0 Å². The van der Waals surface area contributed by atoms with E-state index in [9.17, 15) is 18.0 Å². The van der Waals surface area contributed by atoms with E-state index < -0.39 is 11.7 Å². The summed E-state index contributed by atoms with van der Waals surface area (Å²) in [5.41, 5.74) is 5.42. The Morgan fingerprint density at radius 3 is 2.25 bits per heavy atom. The Balaban J connectivity index is 2.64. The molecule has 6 heteroatoms. The minimum absolute atomic E-state index is 0.109. The van der Waals surface area contributed by atoms with Crippen molar-refractivity contribution in [2.24, 2.45) is 5.73 Å². The Hall–Kier alpha value is -1.56. The maximum absolute atomic E-state index is 12.4. The van der Waals surface area contributed by atoms with Crippen molar-refractivity contribution < 1.29 is 18.0 Å². The second-order valence-corrected chi connectivity index (χ2v) is 4.93. The quantitative estimate of drug-likeness (QED) is 0.875. The summed E-state index contributed by atoms with van der Waals surface area (Å²) in [7, 11) is 0. The largest absolute Gasteiger partial charge is 0.416 e. The molecule has 0 radical (unpaired) electrons. The summed E-state index contributed by atoms with van der Waals surface area (Å²) in [6, 6.07) is 4.78. The lowest BCUT2D eigenvalue weighted by atomic mass is 9.96. The fourth-order valence-electron chi connectivity index (χ4n) is 1.79. The van der Waals surface area contributed by atoms with Gasteiger partial charge in [0.15, 0.2) is 0 Å². The summed E-state index contributed by atoms with van der Waals surface area (Å²) in [4.78, 5) is 11.7. The van der Waals surface area contributed by atoms with Crippen LogP contribution in [0.15, 0.2) is 24.3 Å². The molecule has 20 heavy (non-hydrogen) atoms. The van der Waals surface area contributed by atoms with Gasteiger partial charge in [0, 0.05) is 19.0 Å². The Kier molecular flexibility index (Phi) is 5.56. The van der Waals surface area contributed by atoms with Crippen molar-refractivity contribution in [2.45, 2.75) is 38.4 Å². The van der Waals surface area contributed by atoms with Gasteiger partial charge in [0.25, 0.3) is 0 Å². The summed E-state index contributed by atoms with van der Waals surface area (Å²) in [6.07, 6.45) is -4.12. The number of carbonyl (C=O) groups excluding carboxylic acids is 1. The van der Waals surface area contributed by atoms with Gasteiger partial charge in [-0.3, -0.25) is 4.79 Å². The molecule has 0 aliphatic heterocycles. The third-order valence-electron chi connectivity index (χ3n) is 3.06. The molecule has 0 saturated carbocycles. The molecule has 1 aromatic rings. The lowest BCUT2D eigenvalue weighted by Gasteiger charge is -2.16. The Morgan fingerprint density at radius 2 is 1.80 bits per heavy atom. The van der Waals surface area contributed by atoms with Gasteiger partial charge in [-0.05, 0) is 30.5 Å². The minimum Gasteiger partial charge on any atom is -0.352 e. The van der Waals surface area contributed by atoms with Crippen LogP contribution in [0.25, 0.3) is 0 Å². The highest BCUT2D eigenvalue weighted by atomic mass is 19.4. The van der Waals surface area contributed by atoms with Crippen molar-refractivity contribution in [3.05, 3.63) is 35.4 Å². The van der Waals surface area contributed by atoms with Crippen LogP contribution >= 0.6 is 0 Å². The molecule has 0 aliphatic carbocycles. The van der Waals surface area contributed by atoms with Crippen molar-refractivity contribution in [3.63, 3.8) is 0 Å². The van der Waals surface area contributed by atoms with E-state index in [1.807, 2.05) is 0 Å². The number of benzene rings is 1. The molecular weight excluding hydrogens is 269 g/mol. The topological polar surface area (TPSA) is 55.1 Å². The molecular formula is C14H19F3N2O. The van der Waals surface area contributed by atoms with Gasteiger partial charge in [-0.25, -0.2) is 0 Å². The molecule has 0 saturated heterocycles. The zero-order chi connectivity index (χ0) is 15.3. The van der Waals surface area contributed by atoms with Crippen LogP contribution in [0.4, 0.5) is 13.2 Å². The Morgan fingerprint density at radius 1 is 1.25 bits per heavy atom. The highest BCUT2D eigenvalue weighted by Crippen LogP contribution is 2.30. The molecule has 3 N–H and O–H groups in total. The predicted molar refractivity (Wildman–Crippen MR) is 71.1 cm³/mol. The number of hydrogen-bond acceptors (Lipinski definition) is 2. The number of amides is 1. The monoisotopic (exact) mass is 288 g/mol. The van der Waals surface area contributed by atoms with Crippen LogP contribution in [0, 0.1) is 0 Å². The van der Waals surface area contributed by atoms with Crippen molar-refractivity contribution in [1.82, 2.24) is 5.32 Å². The number of hydrogen-bond donors (Lipinski definition) is 2. The second kappa shape index (κ2) is 6.74. The van der Waals surface area contributed by atoms with Gasteiger partial charge in [0.1, 0.15) is 0 Å². The summed E-state index contributed by atoms with van der Waals surface area (Å²) in [5, 5.41) is 2.72. The van der Waals surface area contributed by atoms with Gasteiger partial charge in [-0.2, -0.15) is 13.2 Å². The van der Waals surface area contributed by atoms with E-state index in [0.717, 1.165) is 12.1 Å². The molecule has 0 spiro atoms. The molecule has 0 aromatic heterocycles. The van der Waals surface area contributed by atoms with Crippen molar-refractivity contribution in [2.75, 3.05) is 6.54 Å². The average Bonchev–Trinajstić information content (AvgIpc) is 2.37. The van der Waals surface area contributed by atoms with E-state index in [2.05, 4.69) is 5.32 Å². The van der Waals surface area contributed by atoms with Crippen LogP contribution in [0.5, 0.6) is 0 Å². The van der Waals surface area contributed by atoms with Gasteiger partial charge in [0.2, 0.25) is 5.91 Å². The Bertz CT molecular complexity index is 443. The first kappa shape index (κ1) is 16.5. The maximum atomic E-state index is 12.4. The summed E-state index contributed by atoms with van der Waals surface area (Å²) < 4.78 is 37.3. The number of halogens is 3. The first-order valence-corrected chi connectivity index (χ1v) is 6.40. The highest BCUT2D eigenvalue weighted by molar-refractivity contribution is 5.77. The number of alkyl halides is 3. The number of nitrogens with two attached hydrogens (primary N) is 1. The maximum Gasteiger partial charge on any atom is 0.416 e. The lowest BCUT2D eigenvalue weighted by Crippen LogP contribution is -2.38. The third kappa shape index (κ3) is 4.85. The molecule has 1 aromatic carbocycles. The number of rotatable bonds is 5. The molecule has 3 nitrogen and oxygen atoms in total. The standard InChI is InChI=1S/C14H19F3N2O/c1-9(7-13(20)19-10(2)8-18)11-3-5-12(6-4-11)14(15,16)17/h3-6,9-10H,7-8,18H2,1-2H3,(H,19,20)/t9?,10-/m0/s1. The minimum atomic E-state index is -4.34. The normalized spacial score (nSPS) is 14.7. The Labute approximate surface area is 116 Å². The molecule has 2 atom stereocenters. The van der Waals surface area contributed by atoms with Crippen molar-refractivity contribution in [3.8, 4) is 0 Å². The predicted octanol–water partition coefficient (Wildman–Crippen LogP) is 2.66. The molecule has 1 rings (SSSR count). The van der Waals surface area contributed by atoms with Gasteiger partial charge in [0.05, 0.1) is 5.56 Å². The van der Waals surface area contributed by atoms with E-state index in [1.54, 1.807) is 13.8 Å². The SMILES string of the molecule is CC(CC(=O)N[C@@H](C)CN)c1ccc(C(F)(F)F)cc1. The van der Waals surface area contributed by atoms with Crippen LogP contribution < -0.4 is 11.1 Å². The van der Waals surface area contributed by atoms with Crippen LogP contribution in [0.3, 0.4) is 0 Å². The fourth-order valence-corrected chi connectivity index (χ4v) is 1.79. The highest BCUT2D eigenvalue weighted by Gasteiger charge is 2.30. The van der Waals surface area contributed by atoms with Crippen LogP contribution in [0.2, 0.25) is 0 Å². The zero-order valence-corrected chi connectivity index (χ0v) is 11.5. The van der Waals surface area contributed by atoms with Gasteiger partial charge < -0.3 is 11.1 Å². The molecule has 1 amide bonds. The van der Waals surface area contributed by atoms with Crippen molar-refractivity contribution in [1.29, 1.82) is 0 Å². The number of carbonyl (C=O) groups is 1. The fraction of sp³-hybridized carbons (Fsp3) is 0.500. The molecule has 1 unspecified atom stereocenters. The van der Waals surface area contributed by atoms with E-state index in [1.165, 1.54) is 12.1 Å². The lowest BCUT2D eigenvalue weighted by molar-refractivity contribution is -0.137. The van der Waals surface area contributed by atoms with E-state index in [-0.39, 0.29) is 24.3 Å². The third-order valence-corrected chi connectivity index (χ3v) is 3.06. The van der Waals surface area contributed by atoms with E-state index >= 15 is 0 Å². The summed E-state index contributed by atoms with van der Waals surface area (Å²) in [5.74, 6) is -0.308. The number of nitrogens with one attached hydrogen (secondary N) is 1. The van der Waals surface area contributed by atoms with E-state index in [0.29, 0.717) is 12.1 Å². The molecule has 112 valence electrons. The van der Waals surface area contributed by atoms with Gasteiger partial charge in [-0.1, -0.05) is 19.1 Å². The molecule has 0 heterocycles. The van der Waals surface area contributed by atoms with E-state index in [4.69, 9.17) is 5.73 Å². The smallest absolute Gasteiger partial charge is 0.352 e. The summed E-state index contributed by atoms with van der Waals surface area (Å²) in [6.45, 7) is 3.94. The average molecular weight is 288 g/mol. The van der Waals surface area contributed by atoms with Gasteiger partial charge >= 0.3 is 6.18 Å². The van der Waals surface area contributed by atoms with Crippen LogP contribution in [-0.4, -0.2) is 18.5 Å². The molecule has 0 fully saturated rings. The van der Waals surface area contributed by atoms with Gasteiger partial charge in [-0.15, -0.1) is 0 Å². The first-order valence-electron chi connectivity index (χ1n) is 6.40. The van der Waals surface area contributed by atoms with Crippen LogP contribution in [0.1, 0.15) is 37.3 Å². The molecule has 0 bridgehead atoms. The first-order chi connectivity index (χ1) is 9.24. The second-order valence-electron chi connectivity index (χ2n) is 4.93. The summed E-state index contributed by atoms with van der Waals surface area (Å²) >= 11 is 0. The molecule has 0 aliphatic rings. The zero-order valence-electron chi connectivity index (χ0n) is 11.5.